The van der Waals surface area contributed by atoms with E-state index in [9.17, 15) is 17.2 Å². The Morgan fingerprint density at radius 3 is 2.38 bits per heavy atom. The van der Waals surface area contributed by atoms with Crippen molar-refractivity contribution in [1.82, 2.24) is 10.1 Å². The van der Waals surface area contributed by atoms with Crippen LogP contribution in [0.3, 0.4) is 0 Å². The Morgan fingerprint density at radius 2 is 1.67 bits per heavy atom. The smallest absolute Gasteiger partial charge is 0.277 e. The highest BCUT2D eigenvalue weighted by Crippen LogP contribution is 2.22. The van der Waals surface area contributed by atoms with Crippen LogP contribution in [-0.4, -0.2) is 18.6 Å². The van der Waals surface area contributed by atoms with Gasteiger partial charge in [-0.15, -0.1) is 0 Å². The van der Waals surface area contributed by atoms with E-state index in [4.69, 9.17) is 4.52 Å². The Labute approximate surface area is 136 Å². The van der Waals surface area contributed by atoms with Crippen LogP contribution in [0.25, 0.3) is 11.5 Å². The van der Waals surface area contributed by atoms with Gasteiger partial charge in [-0.1, -0.05) is 30.3 Å². The molecule has 0 aliphatic heterocycles. The zero-order chi connectivity index (χ0) is 17.2. The summed E-state index contributed by atoms with van der Waals surface area (Å²) in [4.78, 5) is 3.79. The molecule has 9 heteroatoms. The number of nitrogens with one attached hydrogen (secondary N) is 1. The Morgan fingerprint density at radius 1 is 1.00 bits per heavy atom. The van der Waals surface area contributed by atoms with Crippen molar-refractivity contribution in [3.8, 4) is 11.5 Å². The van der Waals surface area contributed by atoms with Gasteiger partial charge < -0.3 is 4.52 Å². The van der Waals surface area contributed by atoms with Gasteiger partial charge in [0.1, 0.15) is 11.6 Å². The van der Waals surface area contributed by atoms with Crippen molar-refractivity contribution in [2.45, 2.75) is 5.75 Å². The van der Waals surface area contributed by atoms with E-state index in [2.05, 4.69) is 14.9 Å². The van der Waals surface area contributed by atoms with Crippen LogP contribution >= 0.6 is 0 Å². The molecule has 0 bridgehead atoms. The molecule has 124 valence electrons. The van der Waals surface area contributed by atoms with Crippen LogP contribution in [0.15, 0.2) is 53.1 Å². The largest absolute Gasteiger partial charge is 0.332 e. The zero-order valence-electron chi connectivity index (χ0n) is 12.1. The molecular formula is C15H11F2N3O3S. The van der Waals surface area contributed by atoms with Gasteiger partial charge in [0.05, 0.1) is 11.3 Å². The number of nitrogens with zero attached hydrogens (tertiary/aromatic N) is 2. The first-order chi connectivity index (χ1) is 11.4. The van der Waals surface area contributed by atoms with E-state index >= 15 is 0 Å². The fraction of sp³-hybridized carbons (Fsp3) is 0.0667. The molecule has 0 saturated heterocycles. The van der Waals surface area contributed by atoms with Gasteiger partial charge >= 0.3 is 0 Å². The average Bonchev–Trinajstić information content (AvgIpc) is 2.97. The summed E-state index contributed by atoms with van der Waals surface area (Å²) >= 11 is 0. The molecule has 0 atom stereocenters. The summed E-state index contributed by atoms with van der Waals surface area (Å²) in [7, 11) is -3.96. The number of aromatic nitrogens is 2. The molecule has 0 unspecified atom stereocenters. The SMILES string of the molecule is O=S(=O)(Cc1ccccc1F)Nc1noc(-c2ccccc2F)n1. The van der Waals surface area contributed by atoms with Gasteiger partial charge in [-0.2, -0.15) is 4.98 Å². The second-order valence-corrected chi connectivity index (χ2v) is 6.58. The van der Waals surface area contributed by atoms with Crippen LogP contribution in [0.4, 0.5) is 14.7 Å². The highest BCUT2D eigenvalue weighted by molar-refractivity contribution is 7.91. The number of hydrogen-bond donors (Lipinski definition) is 1. The van der Waals surface area contributed by atoms with Gasteiger partial charge in [0, 0.05) is 5.56 Å². The van der Waals surface area contributed by atoms with Crippen molar-refractivity contribution in [3.05, 3.63) is 65.7 Å². The quantitative estimate of drug-likeness (QED) is 0.764. The summed E-state index contributed by atoms with van der Waals surface area (Å²) in [6, 6.07) is 11.2. The lowest BCUT2D eigenvalue weighted by Gasteiger charge is -2.04. The third-order valence-electron chi connectivity index (χ3n) is 3.08. The fourth-order valence-corrected chi connectivity index (χ4v) is 3.08. The first-order valence-corrected chi connectivity index (χ1v) is 8.42. The number of sulfonamides is 1. The van der Waals surface area contributed by atoms with Crippen molar-refractivity contribution in [2.24, 2.45) is 0 Å². The van der Waals surface area contributed by atoms with E-state index < -0.39 is 27.4 Å². The van der Waals surface area contributed by atoms with Crippen molar-refractivity contribution in [3.63, 3.8) is 0 Å². The lowest BCUT2D eigenvalue weighted by Crippen LogP contribution is -2.16. The molecule has 3 rings (SSSR count). The van der Waals surface area contributed by atoms with Crippen molar-refractivity contribution >= 4 is 16.0 Å². The van der Waals surface area contributed by atoms with Crippen molar-refractivity contribution in [2.75, 3.05) is 4.72 Å². The normalized spacial score (nSPS) is 11.4. The standard InChI is InChI=1S/C15H11F2N3O3S/c16-12-7-3-1-5-10(12)9-24(21,22)20-15-18-14(23-19-15)11-6-2-4-8-13(11)17/h1-8H,9H2,(H,19,20). The molecule has 0 aliphatic rings. The molecule has 24 heavy (non-hydrogen) atoms. The predicted octanol–water partition coefficient (Wildman–Crippen LogP) is 2.96. The molecule has 0 saturated carbocycles. The maximum absolute atomic E-state index is 13.6. The van der Waals surface area contributed by atoms with Crippen LogP contribution in [0, 0.1) is 11.6 Å². The van der Waals surface area contributed by atoms with E-state index in [1.54, 1.807) is 6.07 Å². The second-order valence-electron chi connectivity index (χ2n) is 4.86. The summed E-state index contributed by atoms with van der Waals surface area (Å²) in [5, 5.41) is 3.45. The molecule has 0 amide bonds. The summed E-state index contributed by atoms with van der Waals surface area (Å²) in [5.74, 6) is -2.34. The fourth-order valence-electron chi connectivity index (χ4n) is 2.00. The number of halogens is 2. The van der Waals surface area contributed by atoms with Crippen LogP contribution < -0.4 is 4.72 Å². The number of rotatable bonds is 5. The van der Waals surface area contributed by atoms with E-state index in [1.165, 1.54) is 36.4 Å². The summed E-state index contributed by atoms with van der Waals surface area (Å²) in [5.41, 5.74) is 0.0485. The Kier molecular flexibility index (Phi) is 4.26. The first-order valence-electron chi connectivity index (χ1n) is 6.77. The third kappa shape index (κ3) is 3.57. The molecule has 3 aromatic rings. The molecule has 0 fully saturated rings. The van der Waals surface area contributed by atoms with Gasteiger partial charge in [0.25, 0.3) is 11.8 Å². The average molecular weight is 351 g/mol. The number of anilines is 1. The monoisotopic (exact) mass is 351 g/mol. The molecule has 2 aromatic carbocycles. The minimum Gasteiger partial charge on any atom is -0.332 e. The molecular weight excluding hydrogens is 340 g/mol. The summed E-state index contributed by atoms with van der Waals surface area (Å²) < 4.78 is 58.2. The molecule has 0 spiro atoms. The second kappa shape index (κ2) is 6.36. The van der Waals surface area contributed by atoms with Gasteiger partial charge in [-0.3, -0.25) is 0 Å². The molecule has 0 aliphatic carbocycles. The lowest BCUT2D eigenvalue weighted by atomic mass is 10.2. The highest BCUT2D eigenvalue weighted by Gasteiger charge is 2.19. The van der Waals surface area contributed by atoms with Gasteiger partial charge in [-0.25, -0.2) is 21.9 Å². The van der Waals surface area contributed by atoms with E-state index in [0.717, 1.165) is 6.07 Å². The maximum Gasteiger partial charge on any atom is 0.277 e. The number of benzene rings is 2. The van der Waals surface area contributed by atoms with Crippen LogP contribution in [-0.2, 0) is 15.8 Å². The first kappa shape index (κ1) is 16.1. The van der Waals surface area contributed by atoms with E-state index in [0.29, 0.717) is 0 Å². The molecule has 0 radical (unpaired) electrons. The van der Waals surface area contributed by atoms with Crippen molar-refractivity contribution in [1.29, 1.82) is 0 Å². The molecule has 1 heterocycles. The van der Waals surface area contributed by atoms with E-state index in [-0.39, 0.29) is 23.0 Å². The summed E-state index contributed by atoms with van der Waals surface area (Å²) in [6.07, 6.45) is 0. The van der Waals surface area contributed by atoms with Crippen LogP contribution in [0.5, 0.6) is 0 Å². The van der Waals surface area contributed by atoms with Crippen LogP contribution in [0.1, 0.15) is 5.56 Å². The maximum atomic E-state index is 13.6. The van der Waals surface area contributed by atoms with E-state index in [1.807, 2.05) is 0 Å². The Hall–Kier alpha value is -2.81. The third-order valence-corrected chi connectivity index (χ3v) is 4.27. The molecule has 1 N–H and O–H groups in total. The number of hydrogen-bond acceptors (Lipinski definition) is 5. The van der Waals surface area contributed by atoms with Gasteiger partial charge in [0.15, 0.2) is 0 Å². The predicted molar refractivity (Wildman–Crippen MR) is 82.3 cm³/mol. The van der Waals surface area contributed by atoms with Gasteiger partial charge in [-0.05, 0) is 23.4 Å². The zero-order valence-corrected chi connectivity index (χ0v) is 12.9. The lowest BCUT2D eigenvalue weighted by molar-refractivity contribution is 0.430. The van der Waals surface area contributed by atoms with Crippen LogP contribution in [0.2, 0.25) is 0 Å². The molecule has 1 aromatic heterocycles. The summed E-state index contributed by atoms with van der Waals surface area (Å²) in [6.45, 7) is 0. The topological polar surface area (TPSA) is 85.1 Å². The Bertz CT molecular complexity index is 973. The van der Waals surface area contributed by atoms with Crippen molar-refractivity contribution < 1.29 is 21.7 Å². The van der Waals surface area contributed by atoms with Gasteiger partial charge in [0.2, 0.25) is 10.0 Å². The molecule has 6 nitrogen and oxygen atoms in total. The minimum atomic E-state index is -3.96. The highest BCUT2D eigenvalue weighted by atomic mass is 32.2. The minimum absolute atomic E-state index is 0.00261. The Balaban J connectivity index is 1.79.